The number of azo groups is 1. The zero-order chi connectivity index (χ0) is 16.2. The van der Waals surface area contributed by atoms with Gasteiger partial charge in [-0.25, -0.2) is 4.68 Å². The van der Waals surface area contributed by atoms with Gasteiger partial charge in [-0.2, -0.15) is 5.10 Å². The van der Waals surface area contributed by atoms with Crippen molar-refractivity contribution in [3.63, 3.8) is 0 Å². The molecule has 2 aliphatic rings. The van der Waals surface area contributed by atoms with Gasteiger partial charge >= 0.3 is 0 Å². The van der Waals surface area contributed by atoms with Crippen LogP contribution in [0.1, 0.15) is 75.3 Å². The summed E-state index contributed by atoms with van der Waals surface area (Å²) in [6.45, 7) is 0. The van der Waals surface area contributed by atoms with Crippen molar-refractivity contribution in [2.75, 3.05) is 0 Å². The Morgan fingerprint density at radius 3 is 2.29 bits per heavy atom. The van der Waals surface area contributed by atoms with Crippen LogP contribution in [0.2, 0.25) is 0 Å². The fourth-order valence-corrected chi connectivity index (χ4v) is 4.19. The van der Waals surface area contributed by atoms with Gasteiger partial charge in [0.1, 0.15) is 0 Å². The van der Waals surface area contributed by atoms with Crippen LogP contribution in [0.4, 0.5) is 11.5 Å². The van der Waals surface area contributed by atoms with Crippen LogP contribution in [-0.2, 0) is 0 Å². The van der Waals surface area contributed by atoms with E-state index < -0.39 is 0 Å². The van der Waals surface area contributed by atoms with Gasteiger partial charge < -0.3 is 0 Å². The first-order valence-corrected chi connectivity index (χ1v) is 9.46. The minimum absolute atomic E-state index is 0.499. The maximum Gasteiger partial charge on any atom is 0.176 e. The van der Waals surface area contributed by atoms with Crippen LogP contribution in [0.25, 0.3) is 0 Å². The molecule has 2 aliphatic carbocycles. The third kappa shape index (κ3) is 3.28. The highest BCUT2D eigenvalue weighted by atomic mass is 15.4. The summed E-state index contributed by atoms with van der Waals surface area (Å²) in [6.07, 6.45) is 13.7. The second kappa shape index (κ2) is 7.29. The lowest BCUT2D eigenvalue weighted by molar-refractivity contribution is 0.331. The van der Waals surface area contributed by atoms with E-state index in [-0.39, 0.29) is 0 Å². The molecule has 2 aromatic rings. The lowest BCUT2D eigenvalue weighted by Crippen LogP contribution is -2.13. The van der Waals surface area contributed by atoms with Gasteiger partial charge in [0.15, 0.2) is 5.82 Å². The highest BCUT2D eigenvalue weighted by Crippen LogP contribution is 2.41. The monoisotopic (exact) mass is 322 g/mol. The first-order chi connectivity index (χ1) is 11.9. The zero-order valence-electron chi connectivity index (χ0n) is 14.3. The van der Waals surface area contributed by atoms with Gasteiger partial charge in [0.25, 0.3) is 0 Å². The van der Waals surface area contributed by atoms with Gasteiger partial charge in [-0.1, -0.05) is 50.3 Å². The fraction of sp³-hybridized carbons (Fsp3) is 0.550. The van der Waals surface area contributed by atoms with E-state index in [1.165, 1.54) is 63.4 Å². The summed E-state index contributed by atoms with van der Waals surface area (Å²) in [5, 5.41) is 13.9. The largest absolute Gasteiger partial charge is 0.243 e. The molecule has 1 aromatic heterocycles. The first-order valence-electron chi connectivity index (χ1n) is 9.46. The summed E-state index contributed by atoms with van der Waals surface area (Å²) in [5.74, 6) is 1.63. The smallest absolute Gasteiger partial charge is 0.176 e. The van der Waals surface area contributed by atoms with E-state index in [2.05, 4.69) is 21.1 Å². The molecule has 1 heterocycles. The van der Waals surface area contributed by atoms with Crippen LogP contribution >= 0.6 is 0 Å². The van der Waals surface area contributed by atoms with Crippen LogP contribution in [0, 0.1) is 0 Å². The van der Waals surface area contributed by atoms with Crippen molar-refractivity contribution in [1.82, 2.24) is 9.78 Å². The molecule has 2 saturated carbocycles. The van der Waals surface area contributed by atoms with Crippen molar-refractivity contribution in [1.29, 1.82) is 0 Å². The topological polar surface area (TPSA) is 42.5 Å². The second-order valence-electron chi connectivity index (χ2n) is 7.18. The number of hydrogen-bond donors (Lipinski definition) is 0. The number of nitrogens with zero attached hydrogens (tertiary/aromatic N) is 4. The summed E-state index contributed by atoms with van der Waals surface area (Å²) in [7, 11) is 0. The molecule has 4 nitrogen and oxygen atoms in total. The minimum Gasteiger partial charge on any atom is -0.243 e. The Kier molecular flexibility index (Phi) is 4.72. The number of hydrogen-bond acceptors (Lipinski definition) is 3. The van der Waals surface area contributed by atoms with E-state index in [1.807, 2.05) is 30.3 Å². The molecule has 0 atom stereocenters. The van der Waals surface area contributed by atoms with E-state index in [0.717, 1.165) is 11.5 Å². The molecule has 0 unspecified atom stereocenters. The summed E-state index contributed by atoms with van der Waals surface area (Å²) >= 11 is 0. The summed E-state index contributed by atoms with van der Waals surface area (Å²) in [6, 6.07) is 10.5. The van der Waals surface area contributed by atoms with Gasteiger partial charge in [-0.15, -0.1) is 10.2 Å². The third-order valence-electron chi connectivity index (χ3n) is 5.53. The Hall–Kier alpha value is -1.97. The van der Waals surface area contributed by atoms with Crippen LogP contribution in [0.5, 0.6) is 0 Å². The Bertz CT molecular complexity index is 677. The molecular weight excluding hydrogens is 296 g/mol. The molecular formula is C20H26N4. The fourth-order valence-electron chi connectivity index (χ4n) is 4.19. The van der Waals surface area contributed by atoms with E-state index in [1.54, 1.807) is 0 Å². The molecule has 0 aliphatic heterocycles. The Morgan fingerprint density at radius 2 is 1.54 bits per heavy atom. The Morgan fingerprint density at radius 1 is 0.833 bits per heavy atom. The number of benzene rings is 1. The van der Waals surface area contributed by atoms with Crippen LogP contribution in [0.15, 0.2) is 46.8 Å². The Labute approximate surface area is 144 Å². The van der Waals surface area contributed by atoms with Gasteiger partial charge in [0, 0.05) is 5.56 Å². The van der Waals surface area contributed by atoms with Gasteiger partial charge in [-0.05, 0) is 43.7 Å². The van der Waals surface area contributed by atoms with Crippen molar-refractivity contribution in [3.05, 3.63) is 42.1 Å². The van der Waals surface area contributed by atoms with E-state index in [0.29, 0.717) is 12.0 Å². The predicted octanol–water partition coefficient (Wildman–Crippen LogP) is 6.46. The highest BCUT2D eigenvalue weighted by Gasteiger charge is 2.26. The Balaban J connectivity index is 1.67. The first kappa shape index (κ1) is 15.6. The molecule has 1 aromatic carbocycles. The molecule has 4 rings (SSSR count). The molecule has 0 radical (unpaired) electrons. The molecule has 0 amide bonds. The van der Waals surface area contributed by atoms with Crippen molar-refractivity contribution in [2.45, 2.75) is 69.7 Å². The van der Waals surface area contributed by atoms with Crippen LogP contribution in [0.3, 0.4) is 0 Å². The molecule has 0 spiro atoms. The van der Waals surface area contributed by atoms with E-state index in [9.17, 15) is 0 Å². The average Bonchev–Trinajstić information content (AvgIpc) is 3.31. The second-order valence-corrected chi connectivity index (χ2v) is 7.18. The van der Waals surface area contributed by atoms with Gasteiger partial charge in [-0.3, -0.25) is 0 Å². The van der Waals surface area contributed by atoms with Crippen molar-refractivity contribution in [2.24, 2.45) is 10.2 Å². The van der Waals surface area contributed by atoms with Gasteiger partial charge in [0.2, 0.25) is 0 Å². The molecule has 24 heavy (non-hydrogen) atoms. The third-order valence-corrected chi connectivity index (χ3v) is 5.53. The highest BCUT2D eigenvalue weighted by molar-refractivity contribution is 5.43. The lowest BCUT2D eigenvalue weighted by atomic mass is 9.95. The summed E-state index contributed by atoms with van der Waals surface area (Å²) < 4.78 is 2.18. The van der Waals surface area contributed by atoms with Crippen LogP contribution < -0.4 is 0 Å². The summed E-state index contributed by atoms with van der Waals surface area (Å²) in [4.78, 5) is 0. The molecule has 126 valence electrons. The van der Waals surface area contributed by atoms with Crippen molar-refractivity contribution >= 4 is 11.5 Å². The molecule has 0 N–H and O–H groups in total. The summed E-state index contributed by atoms with van der Waals surface area (Å²) in [5.41, 5.74) is 2.23. The average molecular weight is 322 g/mol. The zero-order valence-corrected chi connectivity index (χ0v) is 14.3. The van der Waals surface area contributed by atoms with Crippen molar-refractivity contribution < 1.29 is 0 Å². The maximum absolute atomic E-state index is 4.76. The van der Waals surface area contributed by atoms with Crippen LogP contribution in [-0.4, -0.2) is 9.78 Å². The molecule has 0 saturated heterocycles. The van der Waals surface area contributed by atoms with Crippen molar-refractivity contribution in [3.8, 4) is 0 Å². The number of rotatable bonds is 4. The molecule has 4 heteroatoms. The normalized spacial score (nSPS) is 20.2. The van der Waals surface area contributed by atoms with Gasteiger partial charge in [0.05, 0.1) is 17.9 Å². The standard InChI is InChI=1S/C20H26N4/c1-3-11-17(12-4-1)22-23-20-19(16-9-7-8-10-16)15-21-24(20)18-13-5-2-6-14-18/h1,3-4,11-12,15-16,18H,2,5-10,13-14H2. The number of aromatic nitrogens is 2. The maximum atomic E-state index is 4.76. The van der Waals surface area contributed by atoms with E-state index in [4.69, 9.17) is 5.10 Å². The molecule has 0 bridgehead atoms. The lowest BCUT2D eigenvalue weighted by Gasteiger charge is -2.23. The quantitative estimate of drug-likeness (QED) is 0.595. The SMILES string of the molecule is c1ccc(N=Nc2c(C3CCCC3)cnn2C2CCCCC2)cc1. The predicted molar refractivity (Wildman–Crippen MR) is 96.2 cm³/mol. The van der Waals surface area contributed by atoms with E-state index >= 15 is 0 Å². The molecule has 2 fully saturated rings. The minimum atomic E-state index is 0.499.